The first-order valence-corrected chi connectivity index (χ1v) is 11.9. The molecule has 0 aliphatic carbocycles. The highest BCUT2D eigenvalue weighted by Gasteiger charge is 2.22. The molecule has 1 amide bonds. The minimum atomic E-state index is -3.63. The van der Waals surface area contributed by atoms with E-state index in [-0.39, 0.29) is 10.8 Å². The maximum atomic E-state index is 12.6. The van der Waals surface area contributed by atoms with E-state index in [9.17, 15) is 13.2 Å². The minimum absolute atomic E-state index is 0.131. The second kappa shape index (κ2) is 8.98. The standard InChI is InChI=1S/C23H32N4O3S/c1-17-16-19(8-11-21(17)27-14-12-26(5)13-15-27)24-22(28)18-6-9-20(10-7-18)31(29,30)25-23(2,3)4/h6-11,16,25H,12-15H2,1-5H3,(H,24,28). The Kier molecular flexibility index (Phi) is 6.73. The van der Waals surface area contributed by atoms with E-state index in [1.165, 1.54) is 30.0 Å². The van der Waals surface area contributed by atoms with Gasteiger partial charge in [-0.2, -0.15) is 0 Å². The molecular formula is C23H32N4O3S. The molecule has 0 unspecified atom stereocenters. The van der Waals surface area contributed by atoms with E-state index in [1.54, 1.807) is 20.8 Å². The van der Waals surface area contributed by atoms with Gasteiger partial charge in [0.05, 0.1) is 4.90 Å². The first kappa shape index (κ1) is 23.2. The van der Waals surface area contributed by atoms with E-state index in [2.05, 4.69) is 26.9 Å². The summed E-state index contributed by atoms with van der Waals surface area (Å²) in [7, 11) is -1.50. The highest BCUT2D eigenvalue weighted by atomic mass is 32.2. The summed E-state index contributed by atoms with van der Waals surface area (Å²) in [6, 6.07) is 11.9. The molecule has 1 saturated heterocycles. The zero-order valence-corrected chi connectivity index (χ0v) is 19.7. The van der Waals surface area contributed by atoms with E-state index in [0.717, 1.165) is 31.7 Å². The van der Waals surface area contributed by atoms with E-state index in [1.807, 2.05) is 25.1 Å². The number of nitrogens with one attached hydrogen (secondary N) is 2. The smallest absolute Gasteiger partial charge is 0.255 e. The summed E-state index contributed by atoms with van der Waals surface area (Å²) >= 11 is 0. The zero-order chi connectivity index (χ0) is 22.8. The van der Waals surface area contributed by atoms with Crippen molar-refractivity contribution < 1.29 is 13.2 Å². The van der Waals surface area contributed by atoms with Gasteiger partial charge in [0.1, 0.15) is 0 Å². The highest BCUT2D eigenvalue weighted by Crippen LogP contribution is 2.25. The molecule has 1 aliphatic heterocycles. The van der Waals surface area contributed by atoms with Gasteiger partial charge in [0.15, 0.2) is 0 Å². The van der Waals surface area contributed by atoms with Crippen LogP contribution >= 0.6 is 0 Å². The molecule has 0 aromatic heterocycles. The van der Waals surface area contributed by atoms with E-state index < -0.39 is 15.6 Å². The fourth-order valence-electron chi connectivity index (χ4n) is 3.59. The number of sulfonamides is 1. The Morgan fingerprint density at radius 2 is 1.58 bits per heavy atom. The number of amides is 1. The Hall–Kier alpha value is -2.42. The Morgan fingerprint density at radius 1 is 0.968 bits per heavy atom. The van der Waals surface area contributed by atoms with Gasteiger partial charge in [-0.15, -0.1) is 0 Å². The molecule has 0 saturated carbocycles. The largest absolute Gasteiger partial charge is 0.369 e. The summed E-state index contributed by atoms with van der Waals surface area (Å²) in [5.41, 5.74) is 2.83. The van der Waals surface area contributed by atoms with Crippen LogP contribution in [0.15, 0.2) is 47.4 Å². The van der Waals surface area contributed by atoms with Crippen LogP contribution in [0, 0.1) is 6.92 Å². The molecule has 1 aliphatic rings. The van der Waals surface area contributed by atoms with Gasteiger partial charge in [-0.3, -0.25) is 4.79 Å². The van der Waals surface area contributed by atoms with Crippen LogP contribution in [0.3, 0.4) is 0 Å². The Balaban J connectivity index is 1.68. The lowest BCUT2D eigenvalue weighted by Gasteiger charge is -2.35. The number of carbonyl (C=O) groups excluding carboxylic acids is 1. The maximum Gasteiger partial charge on any atom is 0.255 e. The van der Waals surface area contributed by atoms with Crippen LogP contribution in [-0.4, -0.2) is 58.0 Å². The van der Waals surface area contributed by atoms with Crippen molar-refractivity contribution >= 4 is 27.3 Å². The first-order chi connectivity index (χ1) is 14.4. The Morgan fingerprint density at radius 3 is 2.13 bits per heavy atom. The molecule has 0 bridgehead atoms. The molecule has 0 atom stereocenters. The van der Waals surface area contributed by atoms with Crippen LogP contribution in [0.5, 0.6) is 0 Å². The van der Waals surface area contributed by atoms with Crippen LogP contribution in [0.1, 0.15) is 36.7 Å². The highest BCUT2D eigenvalue weighted by molar-refractivity contribution is 7.89. The van der Waals surface area contributed by atoms with Gasteiger partial charge < -0.3 is 15.1 Å². The minimum Gasteiger partial charge on any atom is -0.369 e. The van der Waals surface area contributed by atoms with Gasteiger partial charge >= 0.3 is 0 Å². The van der Waals surface area contributed by atoms with Crippen molar-refractivity contribution in [2.75, 3.05) is 43.4 Å². The third-order valence-corrected chi connectivity index (χ3v) is 6.94. The fraction of sp³-hybridized carbons (Fsp3) is 0.435. The molecule has 0 radical (unpaired) electrons. The van der Waals surface area contributed by atoms with E-state index >= 15 is 0 Å². The van der Waals surface area contributed by atoms with Crippen molar-refractivity contribution in [3.63, 3.8) is 0 Å². The van der Waals surface area contributed by atoms with Crippen LogP contribution in [0.2, 0.25) is 0 Å². The lowest BCUT2D eigenvalue weighted by atomic mass is 10.1. The fourth-order valence-corrected chi connectivity index (χ4v) is 5.00. The molecule has 8 heteroatoms. The zero-order valence-electron chi connectivity index (χ0n) is 18.9. The second-order valence-electron chi connectivity index (χ2n) is 9.13. The summed E-state index contributed by atoms with van der Waals surface area (Å²) < 4.78 is 27.4. The lowest BCUT2D eigenvalue weighted by molar-refractivity contribution is 0.102. The summed E-state index contributed by atoms with van der Waals surface area (Å²) in [6.07, 6.45) is 0. The number of carbonyl (C=O) groups is 1. The van der Waals surface area contributed by atoms with E-state index in [0.29, 0.717) is 11.3 Å². The number of hydrogen-bond acceptors (Lipinski definition) is 5. The van der Waals surface area contributed by atoms with Crippen molar-refractivity contribution in [2.24, 2.45) is 0 Å². The Bertz CT molecular complexity index is 1040. The number of aryl methyl sites for hydroxylation is 1. The number of piperazine rings is 1. The molecule has 2 N–H and O–H groups in total. The van der Waals surface area contributed by atoms with Crippen molar-refractivity contribution in [1.29, 1.82) is 0 Å². The SMILES string of the molecule is Cc1cc(NC(=O)c2ccc(S(=O)(=O)NC(C)(C)C)cc2)ccc1N1CCN(C)CC1. The molecule has 2 aromatic carbocycles. The molecule has 3 rings (SSSR count). The van der Waals surface area contributed by atoms with Gasteiger partial charge in [-0.05, 0) is 82.8 Å². The van der Waals surface area contributed by atoms with Crippen molar-refractivity contribution in [2.45, 2.75) is 38.1 Å². The topological polar surface area (TPSA) is 81.7 Å². The molecule has 7 nitrogen and oxygen atoms in total. The molecule has 2 aromatic rings. The molecule has 1 fully saturated rings. The van der Waals surface area contributed by atoms with Crippen molar-refractivity contribution in [3.8, 4) is 0 Å². The third-order valence-electron chi connectivity index (χ3n) is 5.17. The lowest BCUT2D eigenvalue weighted by Crippen LogP contribution is -2.44. The molecular weight excluding hydrogens is 412 g/mol. The molecule has 31 heavy (non-hydrogen) atoms. The second-order valence-corrected chi connectivity index (χ2v) is 10.8. The monoisotopic (exact) mass is 444 g/mol. The average Bonchev–Trinajstić information content (AvgIpc) is 2.67. The maximum absolute atomic E-state index is 12.6. The number of benzene rings is 2. The average molecular weight is 445 g/mol. The van der Waals surface area contributed by atoms with E-state index in [4.69, 9.17) is 0 Å². The van der Waals surface area contributed by atoms with Gasteiger partial charge in [-0.25, -0.2) is 13.1 Å². The van der Waals surface area contributed by atoms with Crippen LogP contribution in [-0.2, 0) is 10.0 Å². The molecule has 1 heterocycles. The van der Waals surface area contributed by atoms with Gasteiger partial charge in [0, 0.05) is 48.7 Å². The molecule has 168 valence electrons. The number of likely N-dealkylation sites (N-methyl/N-ethyl adjacent to an activating group) is 1. The van der Waals surface area contributed by atoms with Crippen LogP contribution < -0.4 is 14.9 Å². The molecule has 0 spiro atoms. The normalized spacial score (nSPS) is 15.7. The predicted octanol–water partition coefficient (Wildman–Crippen LogP) is 3.08. The number of rotatable bonds is 5. The predicted molar refractivity (Wildman–Crippen MR) is 125 cm³/mol. The number of hydrogen-bond donors (Lipinski definition) is 2. The van der Waals surface area contributed by atoms with Gasteiger partial charge in [0.25, 0.3) is 5.91 Å². The Labute approximate surface area is 185 Å². The van der Waals surface area contributed by atoms with Gasteiger partial charge in [0.2, 0.25) is 10.0 Å². The first-order valence-electron chi connectivity index (χ1n) is 10.4. The van der Waals surface area contributed by atoms with Crippen molar-refractivity contribution in [3.05, 3.63) is 53.6 Å². The number of nitrogens with zero attached hydrogens (tertiary/aromatic N) is 2. The third kappa shape index (κ3) is 6.06. The quantitative estimate of drug-likeness (QED) is 0.741. The summed E-state index contributed by atoms with van der Waals surface area (Å²) in [4.78, 5) is 17.5. The summed E-state index contributed by atoms with van der Waals surface area (Å²) in [5, 5.41) is 2.90. The summed E-state index contributed by atoms with van der Waals surface area (Å²) in [5.74, 6) is -0.278. The summed E-state index contributed by atoms with van der Waals surface area (Å²) in [6.45, 7) is 11.4. The number of anilines is 2. The van der Waals surface area contributed by atoms with Crippen molar-refractivity contribution in [1.82, 2.24) is 9.62 Å². The van der Waals surface area contributed by atoms with Crippen LogP contribution in [0.25, 0.3) is 0 Å². The van der Waals surface area contributed by atoms with Crippen LogP contribution in [0.4, 0.5) is 11.4 Å². The van der Waals surface area contributed by atoms with Gasteiger partial charge in [-0.1, -0.05) is 0 Å².